The van der Waals surface area contributed by atoms with Crippen LogP contribution in [0.5, 0.6) is 0 Å². The number of nitrogens with zero attached hydrogens (tertiary/aromatic N) is 2. The number of hydrogen-bond acceptors (Lipinski definition) is 3. The Balaban J connectivity index is 1.84. The molecule has 1 N–H and O–H groups in total. The van der Waals surface area contributed by atoms with E-state index in [4.69, 9.17) is 9.41 Å². The molecule has 0 aliphatic rings. The maximum absolute atomic E-state index is 5.38. The fourth-order valence-electron chi connectivity index (χ4n) is 2.37. The summed E-state index contributed by atoms with van der Waals surface area (Å²) in [4.78, 5) is 8.35. The molecule has 0 aliphatic carbocycles. The normalized spacial score (nSPS) is 11.5. The molecule has 0 saturated heterocycles. The van der Waals surface area contributed by atoms with Gasteiger partial charge in [-0.05, 0) is 36.4 Å². The van der Waals surface area contributed by atoms with E-state index in [1.54, 1.807) is 17.6 Å². The minimum absolute atomic E-state index is 0.801. The smallest absolute Gasteiger partial charge is 0.193 e. The lowest BCUT2D eigenvalue weighted by molar-refractivity contribution is 0.463. The number of hydrogen-bond donors (Lipinski definition) is 1. The van der Waals surface area contributed by atoms with Crippen molar-refractivity contribution in [1.29, 1.82) is 0 Å². The Morgan fingerprint density at radius 1 is 1.38 bits per heavy atom. The third-order valence-electron chi connectivity index (χ3n) is 3.70. The van der Waals surface area contributed by atoms with Crippen LogP contribution >= 0.6 is 11.3 Å². The van der Waals surface area contributed by atoms with Crippen molar-refractivity contribution in [1.82, 2.24) is 10.2 Å². The number of thiophene rings is 1. The summed E-state index contributed by atoms with van der Waals surface area (Å²) in [6.07, 6.45) is 7.64. The molecule has 2 aromatic heterocycles. The minimum Gasteiger partial charge on any atom is -0.469 e. The van der Waals surface area contributed by atoms with E-state index < -0.39 is 0 Å². The van der Waals surface area contributed by atoms with Gasteiger partial charge in [0.2, 0.25) is 0 Å². The maximum Gasteiger partial charge on any atom is 0.193 e. The van der Waals surface area contributed by atoms with E-state index in [2.05, 4.69) is 41.4 Å². The Kier molecular flexibility index (Phi) is 8.18. The Morgan fingerprint density at radius 2 is 2.29 bits per heavy atom. The maximum atomic E-state index is 5.38. The van der Waals surface area contributed by atoms with Gasteiger partial charge in [0.15, 0.2) is 5.96 Å². The number of rotatable bonds is 10. The summed E-state index contributed by atoms with van der Waals surface area (Å²) in [6, 6.07) is 8.18. The van der Waals surface area contributed by atoms with Gasteiger partial charge in [0.1, 0.15) is 5.76 Å². The van der Waals surface area contributed by atoms with Gasteiger partial charge in [-0.3, -0.25) is 4.99 Å². The third kappa shape index (κ3) is 6.62. The Hall–Kier alpha value is -2.01. The zero-order valence-electron chi connectivity index (χ0n) is 14.4. The molecule has 0 aromatic carbocycles. The van der Waals surface area contributed by atoms with Gasteiger partial charge in [-0.15, -0.1) is 17.9 Å². The van der Waals surface area contributed by atoms with Crippen molar-refractivity contribution in [2.75, 3.05) is 26.7 Å². The molecule has 2 rings (SSSR count). The molecule has 0 unspecified atom stereocenters. The van der Waals surface area contributed by atoms with Gasteiger partial charge in [-0.2, -0.15) is 0 Å². The van der Waals surface area contributed by atoms with Crippen molar-refractivity contribution < 1.29 is 4.42 Å². The monoisotopic (exact) mass is 345 g/mol. The summed E-state index contributed by atoms with van der Waals surface area (Å²) < 4.78 is 5.38. The predicted octanol–water partition coefficient (Wildman–Crippen LogP) is 3.97. The molecule has 0 saturated carbocycles. The summed E-state index contributed by atoms with van der Waals surface area (Å²) in [5, 5.41) is 5.57. The van der Waals surface area contributed by atoms with Crippen LogP contribution in [0.2, 0.25) is 0 Å². The largest absolute Gasteiger partial charge is 0.469 e. The number of allylic oxidation sites excluding steroid dienone is 1. The van der Waals surface area contributed by atoms with Crippen LogP contribution in [0.3, 0.4) is 0 Å². The highest BCUT2D eigenvalue weighted by Gasteiger charge is 2.06. The van der Waals surface area contributed by atoms with Crippen molar-refractivity contribution in [2.24, 2.45) is 4.99 Å². The highest BCUT2D eigenvalue weighted by Crippen LogP contribution is 2.09. The molecule has 0 bridgehead atoms. The quantitative estimate of drug-likeness (QED) is 0.307. The van der Waals surface area contributed by atoms with Crippen LogP contribution in [-0.2, 0) is 12.8 Å². The average Bonchev–Trinajstić information content (AvgIpc) is 3.27. The molecule has 24 heavy (non-hydrogen) atoms. The second-order valence-electron chi connectivity index (χ2n) is 5.64. The highest BCUT2D eigenvalue weighted by atomic mass is 32.1. The molecule has 0 radical (unpaired) electrons. The Morgan fingerprint density at radius 3 is 3.00 bits per heavy atom. The van der Waals surface area contributed by atoms with Crippen molar-refractivity contribution in [3.8, 4) is 0 Å². The van der Waals surface area contributed by atoms with E-state index in [1.807, 2.05) is 18.2 Å². The van der Waals surface area contributed by atoms with Gasteiger partial charge in [0.25, 0.3) is 0 Å². The summed E-state index contributed by atoms with van der Waals surface area (Å²) in [7, 11) is 2.09. The standard InChI is InChI=1S/C19H27N3OS/c1-3-4-5-14-22(2)19(20-12-10-17-8-6-15-23-17)21-13-11-18-9-7-16-24-18/h3,6-9,15-16H,1,4-5,10-14H2,2H3,(H,20,21). The second kappa shape index (κ2) is 10.7. The first-order valence-electron chi connectivity index (χ1n) is 8.44. The molecule has 0 fully saturated rings. The van der Waals surface area contributed by atoms with Crippen LogP contribution in [0.1, 0.15) is 23.5 Å². The van der Waals surface area contributed by atoms with Crippen LogP contribution < -0.4 is 5.32 Å². The number of guanidine groups is 1. The van der Waals surface area contributed by atoms with Gasteiger partial charge < -0.3 is 14.6 Å². The lowest BCUT2D eigenvalue weighted by atomic mass is 10.3. The van der Waals surface area contributed by atoms with Crippen molar-refractivity contribution in [3.05, 3.63) is 59.2 Å². The number of aliphatic imine (C=N–C) groups is 1. The van der Waals surface area contributed by atoms with Crippen LogP contribution in [0.4, 0.5) is 0 Å². The SMILES string of the molecule is C=CCCCN(C)C(=NCCc1cccs1)NCCc1ccco1. The lowest BCUT2D eigenvalue weighted by Crippen LogP contribution is -2.40. The number of nitrogens with one attached hydrogen (secondary N) is 1. The first-order chi connectivity index (χ1) is 11.8. The van der Waals surface area contributed by atoms with Crippen LogP contribution in [-0.4, -0.2) is 37.5 Å². The van der Waals surface area contributed by atoms with Crippen molar-refractivity contribution in [3.63, 3.8) is 0 Å². The minimum atomic E-state index is 0.801. The molecule has 2 aromatic rings. The molecular weight excluding hydrogens is 318 g/mol. The van der Waals surface area contributed by atoms with Gasteiger partial charge in [-0.25, -0.2) is 0 Å². The van der Waals surface area contributed by atoms with Crippen molar-refractivity contribution >= 4 is 17.3 Å². The molecule has 2 heterocycles. The predicted molar refractivity (Wildman–Crippen MR) is 103 cm³/mol. The average molecular weight is 346 g/mol. The zero-order chi connectivity index (χ0) is 17.0. The van der Waals surface area contributed by atoms with Gasteiger partial charge in [0.05, 0.1) is 6.26 Å². The van der Waals surface area contributed by atoms with E-state index in [9.17, 15) is 0 Å². The van der Waals surface area contributed by atoms with Gasteiger partial charge in [0, 0.05) is 44.4 Å². The summed E-state index contributed by atoms with van der Waals surface area (Å²) in [5.74, 6) is 1.96. The Labute approximate surface area is 148 Å². The van der Waals surface area contributed by atoms with Crippen LogP contribution in [0.25, 0.3) is 0 Å². The van der Waals surface area contributed by atoms with E-state index in [0.29, 0.717) is 0 Å². The lowest BCUT2D eigenvalue weighted by Gasteiger charge is -2.22. The highest BCUT2D eigenvalue weighted by molar-refractivity contribution is 7.09. The molecule has 5 heteroatoms. The molecule has 130 valence electrons. The van der Waals surface area contributed by atoms with Gasteiger partial charge >= 0.3 is 0 Å². The van der Waals surface area contributed by atoms with E-state index in [-0.39, 0.29) is 0 Å². The molecule has 0 amide bonds. The molecular formula is C19H27N3OS. The first kappa shape index (κ1) is 18.3. The zero-order valence-corrected chi connectivity index (χ0v) is 15.2. The van der Waals surface area contributed by atoms with E-state index >= 15 is 0 Å². The van der Waals surface area contributed by atoms with Crippen LogP contribution in [0.15, 0.2) is 58.0 Å². The fourth-order valence-corrected chi connectivity index (χ4v) is 3.07. The molecule has 0 spiro atoms. The fraction of sp³-hybridized carbons (Fsp3) is 0.421. The first-order valence-corrected chi connectivity index (χ1v) is 9.32. The van der Waals surface area contributed by atoms with E-state index in [0.717, 1.165) is 57.0 Å². The summed E-state index contributed by atoms with van der Waals surface area (Å²) in [6.45, 7) is 6.37. The number of furan rings is 1. The van der Waals surface area contributed by atoms with Crippen molar-refractivity contribution in [2.45, 2.75) is 25.7 Å². The Bertz CT molecular complexity index is 590. The molecule has 0 aliphatic heterocycles. The van der Waals surface area contributed by atoms with Gasteiger partial charge in [-0.1, -0.05) is 12.1 Å². The molecule has 4 nitrogen and oxygen atoms in total. The second-order valence-corrected chi connectivity index (χ2v) is 6.68. The van der Waals surface area contributed by atoms with E-state index in [1.165, 1.54) is 4.88 Å². The molecule has 0 atom stereocenters. The third-order valence-corrected chi connectivity index (χ3v) is 4.63. The topological polar surface area (TPSA) is 40.8 Å². The summed E-state index contributed by atoms with van der Waals surface area (Å²) in [5.41, 5.74) is 0. The van der Waals surface area contributed by atoms with Crippen LogP contribution in [0, 0.1) is 0 Å². The summed E-state index contributed by atoms with van der Waals surface area (Å²) >= 11 is 1.79. The number of unbranched alkanes of at least 4 members (excludes halogenated alkanes) is 1.